The molecule has 0 spiro atoms. The van der Waals surface area contributed by atoms with Crippen LogP contribution in [0.5, 0.6) is 0 Å². The number of nitrogens with one attached hydrogen (secondary N) is 1. The molecule has 1 heterocycles. The lowest BCUT2D eigenvalue weighted by Crippen LogP contribution is -2.27. The molecule has 0 saturated carbocycles. The number of rotatable bonds is 4. The Balaban J connectivity index is 0.00000169. The van der Waals surface area contributed by atoms with E-state index < -0.39 is 5.97 Å². The van der Waals surface area contributed by atoms with Gasteiger partial charge >= 0.3 is 5.97 Å². The van der Waals surface area contributed by atoms with Gasteiger partial charge in [0.25, 0.3) is 0 Å². The van der Waals surface area contributed by atoms with Gasteiger partial charge < -0.3 is 10.8 Å². The van der Waals surface area contributed by atoms with Crippen molar-refractivity contribution in [2.24, 2.45) is 5.84 Å². The Morgan fingerprint density at radius 1 is 1.71 bits per heavy atom. The second-order valence-corrected chi connectivity index (χ2v) is 2.43. The molecule has 1 aromatic heterocycles. The number of aromatic nitrogens is 2. The van der Waals surface area contributed by atoms with Crippen molar-refractivity contribution in [2.45, 2.75) is 6.54 Å². The maximum Gasteiger partial charge on any atom is 0.356 e. The van der Waals surface area contributed by atoms with E-state index in [4.69, 9.17) is 16.7 Å². The summed E-state index contributed by atoms with van der Waals surface area (Å²) in [5, 5.41) is 12.5. The van der Waals surface area contributed by atoms with Crippen LogP contribution in [-0.2, 0) is 6.54 Å². The maximum atomic E-state index is 10.7. The van der Waals surface area contributed by atoms with Crippen LogP contribution in [0.3, 0.4) is 0 Å². The minimum absolute atomic E-state index is 0. The van der Waals surface area contributed by atoms with Crippen molar-refractivity contribution in [3.05, 3.63) is 11.9 Å². The zero-order valence-corrected chi connectivity index (χ0v) is 8.12. The van der Waals surface area contributed by atoms with E-state index >= 15 is 0 Å². The van der Waals surface area contributed by atoms with Gasteiger partial charge in [-0.25, -0.2) is 4.79 Å². The van der Waals surface area contributed by atoms with Crippen molar-refractivity contribution in [3.8, 4) is 0 Å². The summed E-state index contributed by atoms with van der Waals surface area (Å²) in [6.45, 7) is 0.802. The molecule has 14 heavy (non-hydrogen) atoms. The van der Waals surface area contributed by atoms with Crippen molar-refractivity contribution in [1.82, 2.24) is 15.2 Å². The lowest BCUT2D eigenvalue weighted by molar-refractivity contribution is 0.0684. The first-order valence-electron chi connectivity index (χ1n) is 3.65. The SMILES string of the molecule is Cl.NNCCn1ncc(N)c1C(=O)O. The molecule has 0 unspecified atom stereocenters. The number of carboxylic acids is 1. The van der Waals surface area contributed by atoms with Crippen LogP contribution in [-0.4, -0.2) is 27.4 Å². The molecule has 6 N–H and O–H groups in total. The molecule has 7 nitrogen and oxygen atoms in total. The van der Waals surface area contributed by atoms with Gasteiger partial charge in [0.05, 0.1) is 18.4 Å². The predicted octanol–water partition coefficient (Wildman–Crippen LogP) is -0.951. The smallest absolute Gasteiger partial charge is 0.356 e. The third kappa shape index (κ3) is 2.59. The highest BCUT2D eigenvalue weighted by Crippen LogP contribution is 2.09. The Bertz CT molecular complexity index is 313. The second kappa shape index (κ2) is 5.43. The number of carbonyl (C=O) groups is 1. The fraction of sp³-hybridized carbons (Fsp3) is 0.333. The number of nitrogens with two attached hydrogens (primary N) is 2. The predicted molar refractivity (Wildman–Crippen MR) is 53.0 cm³/mol. The molecule has 0 aliphatic heterocycles. The molecule has 8 heteroatoms. The Kier molecular flexibility index (Phi) is 4.92. The quantitative estimate of drug-likeness (QED) is 0.384. The van der Waals surface area contributed by atoms with E-state index in [2.05, 4.69) is 10.5 Å². The summed E-state index contributed by atoms with van der Waals surface area (Å²) in [6.07, 6.45) is 1.31. The summed E-state index contributed by atoms with van der Waals surface area (Å²) in [7, 11) is 0. The second-order valence-electron chi connectivity index (χ2n) is 2.43. The summed E-state index contributed by atoms with van der Waals surface area (Å²) >= 11 is 0. The highest BCUT2D eigenvalue weighted by atomic mass is 35.5. The van der Waals surface area contributed by atoms with Crippen molar-refractivity contribution in [3.63, 3.8) is 0 Å². The molecular formula is C6H12ClN5O2. The number of nitrogen functional groups attached to an aromatic ring is 1. The zero-order valence-electron chi connectivity index (χ0n) is 7.30. The Morgan fingerprint density at radius 3 is 2.86 bits per heavy atom. The van der Waals surface area contributed by atoms with Crippen LogP contribution in [0.2, 0.25) is 0 Å². The first-order valence-corrected chi connectivity index (χ1v) is 3.65. The number of hydrogen-bond donors (Lipinski definition) is 4. The molecule has 0 saturated heterocycles. The average molecular weight is 222 g/mol. The molecule has 1 rings (SSSR count). The molecule has 0 atom stereocenters. The Morgan fingerprint density at radius 2 is 2.36 bits per heavy atom. The van der Waals surface area contributed by atoms with E-state index in [0.717, 1.165) is 0 Å². The largest absolute Gasteiger partial charge is 0.476 e. The van der Waals surface area contributed by atoms with Crippen LogP contribution in [0.25, 0.3) is 0 Å². The molecule has 0 amide bonds. The van der Waals surface area contributed by atoms with E-state index in [1.54, 1.807) is 0 Å². The Labute approximate surface area is 86.4 Å². The van der Waals surface area contributed by atoms with Gasteiger partial charge in [-0.3, -0.25) is 16.0 Å². The molecule has 0 aromatic carbocycles. The summed E-state index contributed by atoms with van der Waals surface area (Å²) in [6, 6.07) is 0. The number of hydrazine groups is 1. The summed E-state index contributed by atoms with van der Waals surface area (Å²) in [5.41, 5.74) is 7.95. The number of hydrogen-bond acceptors (Lipinski definition) is 5. The Hall–Kier alpha value is -1.31. The summed E-state index contributed by atoms with van der Waals surface area (Å²) < 4.78 is 1.29. The van der Waals surface area contributed by atoms with Crippen LogP contribution in [0.15, 0.2) is 6.20 Å². The van der Waals surface area contributed by atoms with Gasteiger partial charge in [-0.1, -0.05) is 0 Å². The fourth-order valence-electron chi connectivity index (χ4n) is 0.974. The normalized spacial score (nSPS) is 9.50. The lowest BCUT2D eigenvalue weighted by Gasteiger charge is -2.03. The van der Waals surface area contributed by atoms with Crippen molar-refractivity contribution in [1.29, 1.82) is 0 Å². The molecule has 0 aliphatic carbocycles. The molecular weight excluding hydrogens is 210 g/mol. The van der Waals surface area contributed by atoms with Crippen molar-refractivity contribution in [2.75, 3.05) is 12.3 Å². The summed E-state index contributed by atoms with van der Waals surface area (Å²) in [4.78, 5) is 10.7. The molecule has 0 aliphatic rings. The van der Waals surface area contributed by atoms with Crippen LogP contribution in [0.4, 0.5) is 5.69 Å². The molecule has 0 bridgehead atoms. The van der Waals surface area contributed by atoms with Crippen molar-refractivity contribution >= 4 is 24.1 Å². The van der Waals surface area contributed by atoms with E-state index in [1.165, 1.54) is 10.9 Å². The molecule has 0 fully saturated rings. The fourth-order valence-corrected chi connectivity index (χ4v) is 0.974. The highest BCUT2D eigenvalue weighted by Gasteiger charge is 2.14. The number of anilines is 1. The van der Waals surface area contributed by atoms with Gasteiger partial charge in [0.2, 0.25) is 0 Å². The van der Waals surface area contributed by atoms with Gasteiger partial charge in [0, 0.05) is 6.54 Å². The standard InChI is InChI=1S/C6H11N5O2.ClH/c7-4-3-10-11(2-1-9-8)5(4)6(12)13;/h3,9H,1-2,7-8H2,(H,12,13);1H. The minimum atomic E-state index is -1.09. The van der Waals surface area contributed by atoms with Gasteiger partial charge in [0.1, 0.15) is 0 Å². The number of carboxylic acid groups (broad SMARTS) is 1. The number of halogens is 1. The van der Waals surface area contributed by atoms with E-state index in [-0.39, 0.29) is 23.8 Å². The van der Waals surface area contributed by atoms with Gasteiger partial charge in [-0.05, 0) is 0 Å². The van der Waals surface area contributed by atoms with Gasteiger partial charge in [0.15, 0.2) is 5.69 Å². The van der Waals surface area contributed by atoms with Crippen LogP contribution < -0.4 is 17.0 Å². The number of aromatic carboxylic acids is 1. The van der Waals surface area contributed by atoms with E-state index in [0.29, 0.717) is 13.1 Å². The van der Waals surface area contributed by atoms with Crippen molar-refractivity contribution < 1.29 is 9.90 Å². The first-order chi connectivity index (χ1) is 6.16. The lowest BCUT2D eigenvalue weighted by atomic mass is 10.4. The number of nitrogens with zero attached hydrogens (tertiary/aromatic N) is 2. The third-order valence-electron chi connectivity index (χ3n) is 1.54. The molecule has 80 valence electrons. The monoisotopic (exact) mass is 221 g/mol. The average Bonchev–Trinajstić information content (AvgIpc) is 2.43. The topological polar surface area (TPSA) is 119 Å². The zero-order chi connectivity index (χ0) is 9.84. The molecule has 0 radical (unpaired) electrons. The maximum absolute atomic E-state index is 10.7. The van der Waals surface area contributed by atoms with Crippen LogP contribution in [0, 0.1) is 0 Å². The summed E-state index contributed by atoms with van der Waals surface area (Å²) in [5.74, 6) is 3.95. The van der Waals surface area contributed by atoms with E-state index in [9.17, 15) is 4.79 Å². The highest BCUT2D eigenvalue weighted by molar-refractivity contribution is 5.91. The molecule has 1 aromatic rings. The van der Waals surface area contributed by atoms with E-state index in [1.807, 2.05) is 0 Å². The first kappa shape index (κ1) is 12.7. The van der Waals surface area contributed by atoms with Crippen LogP contribution in [0.1, 0.15) is 10.5 Å². The minimum Gasteiger partial charge on any atom is -0.476 e. The van der Waals surface area contributed by atoms with Gasteiger partial charge in [-0.15, -0.1) is 12.4 Å². The third-order valence-corrected chi connectivity index (χ3v) is 1.54. The van der Waals surface area contributed by atoms with Crippen LogP contribution >= 0.6 is 12.4 Å². The van der Waals surface area contributed by atoms with Gasteiger partial charge in [-0.2, -0.15) is 5.10 Å².